The van der Waals surface area contributed by atoms with Crippen molar-refractivity contribution in [3.8, 4) is 5.75 Å². The van der Waals surface area contributed by atoms with Crippen LogP contribution in [-0.4, -0.2) is 85.8 Å². The molecule has 10 heteroatoms. The van der Waals surface area contributed by atoms with Crippen LogP contribution in [-0.2, 0) is 26.3 Å². The highest BCUT2D eigenvalue weighted by atomic mass is 16.5. The average Bonchev–Trinajstić information content (AvgIpc) is 3.39. The standard InChI is InChI=1S/C27H33N5O5/c28-9-17(10-29-11-18-14-36-15-18)12-31-7-5-27(6-8-31)16-37-24-20-13-32(22-3-4-23(33)30-25(22)34)26(35)19(20)1-2-21(24)27/h1-2,9-10,18,22H,3-8,11-16,28H2,(H,30,33,34)/b17-9+,29-10?. The van der Waals surface area contributed by atoms with E-state index in [1.807, 2.05) is 18.3 Å². The van der Waals surface area contributed by atoms with E-state index in [-0.39, 0.29) is 23.7 Å². The van der Waals surface area contributed by atoms with Gasteiger partial charge in [0, 0.05) is 53.7 Å². The fraction of sp³-hybridized carbons (Fsp3) is 0.556. The van der Waals surface area contributed by atoms with Gasteiger partial charge in [-0.3, -0.25) is 29.6 Å². The lowest BCUT2D eigenvalue weighted by molar-refractivity contribution is -0.136. The second kappa shape index (κ2) is 9.57. The summed E-state index contributed by atoms with van der Waals surface area (Å²) in [6.45, 7) is 5.91. The van der Waals surface area contributed by atoms with Gasteiger partial charge < -0.3 is 20.1 Å². The number of carbonyl (C=O) groups is 3. The molecule has 0 aromatic heterocycles. The zero-order chi connectivity index (χ0) is 25.6. The molecule has 1 unspecified atom stereocenters. The molecule has 0 radical (unpaired) electrons. The summed E-state index contributed by atoms with van der Waals surface area (Å²) in [7, 11) is 0. The summed E-state index contributed by atoms with van der Waals surface area (Å²) >= 11 is 0. The van der Waals surface area contributed by atoms with Crippen molar-refractivity contribution in [2.24, 2.45) is 16.6 Å². The molecule has 1 spiro atoms. The number of benzene rings is 1. The fourth-order valence-corrected chi connectivity index (χ4v) is 6.14. The normalized spacial score (nSPS) is 25.8. The number of nitrogens with two attached hydrogens (primary N) is 1. The largest absolute Gasteiger partial charge is 0.492 e. The zero-order valence-electron chi connectivity index (χ0n) is 20.9. The SMILES string of the molecule is N/C=C(\C=NCC1COC1)CN1CCC2(CC1)COc1c2ccc2c1CN(C1CCC(=O)NC1=O)C2=O. The van der Waals surface area contributed by atoms with E-state index in [9.17, 15) is 14.4 Å². The van der Waals surface area contributed by atoms with Gasteiger partial charge >= 0.3 is 0 Å². The number of amides is 3. The fourth-order valence-electron chi connectivity index (χ4n) is 6.14. The first-order valence-electron chi connectivity index (χ1n) is 13.1. The van der Waals surface area contributed by atoms with Crippen molar-refractivity contribution in [3.63, 3.8) is 0 Å². The van der Waals surface area contributed by atoms with Gasteiger partial charge in [-0.25, -0.2) is 0 Å². The quantitative estimate of drug-likeness (QED) is 0.429. The summed E-state index contributed by atoms with van der Waals surface area (Å²) < 4.78 is 11.5. The Balaban J connectivity index is 1.12. The van der Waals surface area contributed by atoms with Crippen LogP contribution < -0.4 is 15.8 Å². The number of hydrogen-bond acceptors (Lipinski definition) is 8. The third-order valence-electron chi connectivity index (χ3n) is 8.49. The highest BCUT2D eigenvalue weighted by Gasteiger charge is 2.47. The Morgan fingerprint density at radius 3 is 2.73 bits per heavy atom. The number of likely N-dealkylation sites (tertiary alicyclic amines) is 1. The minimum Gasteiger partial charge on any atom is -0.492 e. The number of rotatable bonds is 6. The van der Waals surface area contributed by atoms with E-state index in [2.05, 4.69) is 15.2 Å². The van der Waals surface area contributed by atoms with Gasteiger partial charge in [0.25, 0.3) is 5.91 Å². The maximum atomic E-state index is 13.2. The van der Waals surface area contributed by atoms with E-state index in [1.165, 1.54) is 5.56 Å². The van der Waals surface area contributed by atoms with Gasteiger partial charge in [-0.05, 0) is 50.2 Å². The molecule has 5 aliphatic rings. The van der Waals surface area contributed by atoms with Crippen LogP contribution in [0, 0.1) is 5.92 Å². The third-order valence-corrected chi connectivity index (χ3v) is 8.49. The predicted octanol–water partition coefficient (Wildman–Crippen LogP) is 0.733. The maximum absolute atomic E-state index is 13.2. The van der Waals surface area contributed by atoms with Crippen LogP contribution in [0.25, 0.3) is 0 Å². The van der Waals surface area contributed by atoms with E-state index < -0.39 is 11.9 Å². The lowest BCUT2D eigenvalue weighted by Crippen LogP contribution is -2.52. The molecule has 1 aromatic carbocycles. The number of nitrogens with one attached hydrogen (secondary N) is 1. The topological polar surface area (TPSA) is 127 Å². The molecule has 6 rings (SSSR count). The van der Waals surface area contributed by atoms with Crippen molar-refractivity contribution in [1.29, 1.82) is 0 Å². The Labute approximate surface area is 215 Å². The highest BCUT2D eigenvalue weighted by molar-refractivity contribution is 6.05. The van der Waals surface area contributed by atoms with Crippen LogP contribution in [0.5, 0.6) is 5.75 Å². The number of hydrogen-bond donors (Lipinski definition) is 2. The van der Waals surface area contributed by atoms with E-state index in [0.717, 1.165) is 69.1 Å². The van der Waals surface area contributed by atoms with Gasteiger partial charge in [0.1, 0.15) is 11.8 Å². The van der Waals surface area contributed by atoms with Crippen LogP contribution in [0.2, 0.25) is 0 Å². The molecule has 37 heavy (non-hydrogen) atoms. The molecule has 196 valence electrons. The van der Waals surface area contributed by atoms with E-state index in [4.69, 9.17) is 15.2 Å². The highest BCUT2D eigenvalue weighted by Crippen LogP contribution is 2.49. The summed E-state index contributed by atoms with van der Waals surface area (Å²) in [5.74, 6) is 0.489. The molecule has 1 atom stereocenters. The van der Waals surface area contributed by atoms with Gasteiger partial charge in [0.2, 0.25) is 11.8 Å². The number of nitrogens with zero attached hydrogens (tertiary/aromatic N) is 3. The first-order valence-corrected chi connectivity index (χ1v) is 13.1. The molecule has 1 aromatic rings. The molecule has 0 saturated carbocycles. The maximum Gasteiger partial charge on any atom is 0.255 e. The molecule has 5 heterocycles. The Bertz CT molecular complexity index is 1180. The Kier molecular flexibility index (Phi) is 6.24. The van der Waals surface area contributed by atoms with Crippen molar-refractivity contribution in [2.45, 2.75) is 43.7 Å². The molecule has 0 bridgehead atoms. The number of piperidine rings is 2. The lowest BCUT2D eigenvalue weighted by atomic mass is 9.74. The van der Waals surface area contributed by atoms with Crippen molar-refractivity contribution in [1.82, 2.24) is 15.1 Å². The molecular formula is C27H33N5O5. The molecule has 10 nitrogen and oxygen atoms in total. The third kappa shape index (κ3) is 4.31. The van der Waals surface area contributed by atoms with E-state index >= 15 is 0 Å². The minimum absolute atomic E-state index is 0.0726. The van der Waals surface area contributed by atoms with Crippen LogP contribution in [0.4, 0.5) is 0 Å². The summed E-state index contributed by atoms with van der Waals surface area (Å²) in [4.78, 5) is 45.7. The van der Waals surface area contributed by atoms with Crippen molar-refractivity contribution < 1.29 is 23.9 Å². The van der Waals surface area contributed by atoms with Gasteiger partial charge in [-0.2, -0.15) is 0 Å². The molecular weight excluding hydrogens is 474 g/mol. The molecule has 3 amide bonds. The van der Waals surface area contributed by atoms with Crippen molar-refractivity contribution in [2.75, 3.05) is 46.0 Å². The van der Waals surface area contributed by atoms with Crippen molar-refractivity contribution in [3.05, 3.63) is 40.6 Å². The van der Waals surface area contributed by atoms with Crippen LogP contribution in [0.15, 0.2) is 28.9 Å². The van der Waals surface area contributed by atoms with Crippen LogP contribution in [0.3, 0.4) is 0 Å². The Hall–Kier alpha value is -3.24. The number of ether oxygens (including phenoxy) is 2. The van der Waals surface area contributed by atoms with Crippen LogP contribution >= 0.6 is 0 Å². The van der Waals surface area contributed by atoms with E-state index in [1.54, 1.807) is 11.1 Å². The molecule has 0 aliphatic carbocycles. The van der Waals surface area contributed by atoms with Crippen molar-refractivity contribution >= 4 is 23.9 Å². The average molecular weight is 508 g/mol. The summed E-state index contributed by atoms with van der Waals surface area (Å²) in [6.07, 6.45) is 6.05. The molecule has 3 saturated heterocycles. The first kappa shape index (κ1) is 24.1. The number of imide groups is 1. The number of aliphatic imine (C=N–C) groups is 1. The summed E-state index contributed by atoms with van der Waals surface area (Å²) in [6, 6.07) is 3.32. The van der Waals surface area contributed by atoms with Gasteiger partial charge in [0.05, 0.1) is 26.4 Å². The first-order chi connectivity index (χ1) is 18.0. The second-order valence-electron chi connectivity index (χ2n) is 10.9. The summed E-state index contributed by atoms with van der Waals surface area (Å²) in [5.41, 5.74) is 9.46. The zero-order valence-corrected chi connectivity index (χ0v) is 20.9. The van der Waals surface area contributed by atoms with Gasteiger partial charge in [-0.1, -0.05) is 6.07 Å². The Morgan fingerprint density at radius 1 is 1.22 bits per heavy atom. The number of carbonyl (C=O) groups excluding carboxylic acids is 3. The Morgan fingerprint density at radius 2 is 2.03 bits per heavy atom. The number of fused-ring (bicyclic) bond motifs is 4. The van der Waals surface area contributed by atoms with Gasteiger partial charge in [-0.15, -0.1) is 0 Å². The molecule has 3 N–H and O–H groups in total. The second-order valence-corrected chi connectivity index (χ2v) is 10.9. The van der Waals surface area contributed by atoms with Gasteiger partial charge in [0.15, 0.2) is 0 Å². The molecule has 3 fully saturated rings. The predicted molar refractivity (Wildman–Crippen MR) is 135 cm³/mol. The van der Waals surface area contributed by atoms with Crippen LogP contribution in [0.1, 0.15) is 47.2 Å². The minimum atomic E-state index is -0.623. The summed E-state index contributed by atoms with van der Waals surface area (Å²) in [5, 5.41) is 2.36. The lowest BCUT2D eigenvalue weighted by Gasteiger charge is -2.38. The monoisotopic (exact) mass is 507 g/mol. The smallest absolute Gasteiger partial charge is 0.255 e. The van der Waals surface area contributed by atoms with E-state index in [0.29, 0.717) is 31.1 Å². The molecule has 5 aliphatic heterocycles.